The van der Waals surface area contributed by atoms with Crippen LogP contribution in [0.5, 0.6) is 0 Å². The van der Waals surface area contributed by atoms with Crippen LogP contribution in [-0.2, 0) is 62.3 Å². The Kier molecular flexibility index (Phi) is 24.7. The summed E-state index contributed by atoms with van der Waals surface area (Å²) in [6, 6.07) is 0. The van der Waals surface area contributed by atoms with Crippen molar-refractivity contribution in [2.75, 3.05) is 7.11 Å². The van der Waals surface area contributed by atoms with Crippen molar-refractivity contribution in [2.24, 2.45) is 32.5 Å². The Morgan fingerprint density at radius 3 is 0.852 bits per heavy atom. The minimum atomic E-state index is -0.280. The van der Waals surface area contributed by atoms with Gasteiger partial charge in [0, 0.05) is 67.4 Å². The number of hydrogen-bond donors (Lipinski definition) is 0. The average Bonchev–Trinajstić information content (AvgIpc) is 3.35. The van der Waals surface area contributed by atoms with Gasteiger partial charge in [0.15, 0.2) is 69.4 Å². The van der Waals surface area contributed by atoms with Crippen LogP contribution in [0, 0.1) is 32.5 Å². The van der Waals surface area contributed by atoms with Crippen LogP contribution < -0.4 is 0 Å². The molecule has 0 spiro atoms. The van der Waals surface area contributed by atoms with Crippen molar-refractivity contribution in [3.63, 3.8) is 0 Å². The molecular weight excluding hydrogens is 1020 g/mol. The molecule has 6 rings (SSSR count). The second kappa shape index (κ2) is 27.9. The molecule has 0 saturated carbocycles. The molecule has 0 N–H and O–H groups in total. The fourth-order valence-electron chi connectivity index (χ4n) is 7.96. The lowest BCUT2D eigenvalue weighted by atomic mass is 9.71. The van der Waals surface area contributed by atoms with E-state index in [-0.39, 0.29) is 108 Å². The van der Waals surface area contributed by atoms with Crippen LogP contribution in [0.15, 0.2) is 140 Å². The summed E-state index contributed by atoms with van der Waals surface area (Å²) in [7, 11) is 1.36. The topological polar surface area (TPSA) is 214 Å². The predicted molar refractivity (Wildman–Crippen MR) is 318 cm³/mol. The molecule has 0 amide bonds. The zero-order valence-electron chi connectivity index (χ0n) is 52.6. The molecule has 438 valence electrons. The maximum absolute atomic E-state index is 12.3. The van der Waals surface area contributed by atoms with Crippen molar-refractivity contribution in [1.29, 1.82) is 0 Å². The Bertz CT molecular complexity index is 2890. The van der Waals surface area contributed by atoms with Gasteiger partial charge in [-0.2, -0.15) is 0 Å². The second-order valence-corrected chi connectivity index (χ2v) is 25.9. The standard InChI is InChI=1S/C16H24O2.2C14H20O2.C10H12O2.C7H6O3.C7H6O2/c1-7-15(3,4)11-9-14(18)12(10-13(11)17)16(5,6)8-2;1-13(2,3)9-7-12(16)10(8-11(9)15)14(4,5)6;1-13(2,3)10-7-9(15)8-11(12(10)16)14(4,5)6;1-5-6(2)10(12)8(4)7(3)9(5)11;1-10-7-4-5(8)2-3-6(7)9;1-5-4-6(8)2-3-7(5)9/h9-10H,7-8H2,1-6H3;2*7-8H,1-6H3;1-4H3;2-4H,1H3;2-4H,1H3. The zero-order valence-corrected chi connectivity index (χ0v) is 52.6. The molecule has 13 nitrogen and oxygen atoms in total. The van der Waals surface area contributed by atoms with Crippen LogP contribution in [0.4, 0.5) is 0 Å². The molecule has 81 heavy (non-hydrogen) atoms. The number of Topliss-reactive ketones (excluding diaryl/α,β-unsaturated/α-hetero) is 3. The Labute approximate surface area is 481 Å². The molecular formula is C68H88O13. The predicted octanol–water partition coefficient (Wildman–Crippen LogP) is 12.7. The number of rotatable bonds is 5. The first-order valence-corrected chi connectivity index (χ1v) is 27.1. The molecule has 0 saturated heterocycles. The Balaban J connectivity index is 0.000000493. The monoisotopic (exact) mass is 1110 g/mol. The molecule has 0 fully saturated rings. The number of allylic oxidation sites excluding steroid dienone is 23. The third-order valence-electron chi connectivity index (χ3n) is 14.5. The molecule has 6 aliphatic carbocycles. The summed E-state index contributed by atoms with van der Waals surface area (Å²) in [5, 5.41) is 0. The van der Waals surface area contributed by atoms with Gasteiger partial charge in [0.25, 0.3) is 0 Å². The normalized spacial score (nSPS) is 18.2. The van der Waals surface area contributed by atoms with Crippen molar-refractivity contribution in [3.8, 4) is 0 Å². The molecule has 0 atom stereocenters. The van der Waals surface area contributed by atoms with E-state index in [9.17, 15) is 57.5 Å². The highest BCUT2D eigenvalue weighted by Gasteiger charge is 2.37. The summed E-state index contributed by atoms with van der Waals surface area (Å²) in [5.74, 6) is -0.666. The lowest BCUT2D eigenvalue weighted by Crippen LogP contribution is -2.29. The number of ether oxygens (including phenoxy) is 1. The lowest BCUT2D eigenvalue weighted by Gasteiger charge is -2.31. The molecule has 6 aliphatic rings. The van der Waals surface area contributed by atoms with E-state index in [2.05, 4.69) is 4.74 Å². The van der Waals surface area contributed by atoms with Gasteiger partial charge in [0.05, 0.1) is 7.11 Å². The summed E-state index contributed by atoms with van der Waals surface area (Å²) in [6.45, 7) is 43.9. The van der Waals surface area contributed by atoms with Gasteiger partial charge in [-0.3, -0.25) is 57.5 Å². The SMILES string of the molecule is CC(C)(C)C1=CC(=O)C(C(C)(C)C)=CC1=O.CC(C)(C)C1=CC(=O)C=C(C(C)(C)C)C1=O.CC1=C(C)C(=O)C(C)=C(C)C1=O.CC1=CC(=O)C=CC1=O.CCC(C)(C)C1=CC(=O)C(C(C)(C)CC)=CC1=O.COC1=CC(=O)C=CC1=O. The summed E-state index contributed by atoms with van der Waals surface area (Å²) in [6.07, 6.45) is 18.2. The Morgan fingerprint density at radius 1 is 0.309 bits per heavy atom. The molecule has 0 bridgehead atoms. The Morgan fingerprint density at radius 2 is 0.593 bits per heavy atom. The zero-order chi connectivity index (χ0) is 63.5. The van der Waals surface area contributed by atoms with E-state index in [1.54, 1.807) is 46.8 Å². The van der Waals surface area contributed by atoms with Crippen molar-refractivity contribution in [3.05, 3.63) is 140 Å². The van der Waals surface area contributed by atoms with Crippen LogP contribution in [0.2, 0.25) is 0 Å². The minimum Gasteiger partial charge on any atom is -0.493 e. The number of methoxy groups -OCH3 is 1. The first-order valence-electron chi connectivity index (χ1n) is 27.1. The third kappa shape index (κ3) is 20.0. The van der Waals surface area contributed by atoms with E-state index >= 15 is 0 Å². The van der Waals surface area contributed by atoms with Gasteiger partial charge in [0.2, 0.25) is 5.78 Å². The summed E-state index contributed by atoms with van der Waals surface area (Å²) in [4.78, 5) is 138. The first-order chi connectivity index (χ1) is 36.6. The summed E-state index contributed by atoms with van der Waals surface area (Å²) >= 11 is 0. The average molecular weight is 1110 g/mol. The highest BCUT2D eigenvalue weighted by molar-refractivity contribution is 6.25. The third-order valence-corrected chi connectivity index (χ3v) is 14.5. The van der Waals surface area contributed by atoms with Crippen LogP contribution in [-0.4, -0.2) is 76.5 Å². The number of carbonyl (C=O) groups excluding carboxylic acids is 12. The molecule has 13 heteroatoms. The van der Waals surface area contributed by atoms with Crippen LogP contribution in [0.3, 0.4) is 0 Å². The molecule has 0 aliphatic heterocycles. The summed E-state index contributed by atoms with van der Waals surface area (Å²) in [5.41, 5.74) is 5.02. The van der Waals surface area contributed by atoms with Crippen LogP contribution in [0.25, 0.3) is 0 Å². The highest BCUT2D eigenvalue weighted by Crippen LogP contribution is 2.40. The fraction of sp³-hybridized carbons (Fsp3) is 0.471. The second-order valence-electron chi connectivity index (χ2n) is 25.9. The smallest absolute Gasteiger partial charge is 0.220 e. The minimum absolute atomic E-state index is 0.00187. The van der Waals surface area contributed by atoms with Crippen molar-refractivity contribution in [1.82, 2.24) is 0 Å². The van der Waals surface area contributed by atoms with Gasteiger partial charge < -0.3 is 4.74 Å². The van der Waals surface area contributed by atoms with Gasteiger partial charge >= 0.3 is 0 Å². The van der Waals surface area contributed by atoms with Crippen LogP contribution >= 0.6 is 0 Å². The van der Waals surface area contributed by atoms with E-state index in [1.807, 2.05) is 125 Å². The van der Waals surface area contributed by atoms with Gasteiger partial charge in [-0.15, -0.1) is 0 Å². The van der Waals surface area contributed by atoms with Gasteiger partial charge in [-0.25, -0.2) is 0 Å². The molecule has 0 aromatic carbocycles. The molecule has 0 heterocycles. The highest BCUT2D eigenvalue weighted by atomic mass is 16.5. The molecule has 0 radical (unpaired) electrons. The van der Waals surface area contributed by atoms with E-state index < -0.39 is 0 Å². The first kappa shape index (κ1) is 71.7. The number of carbonyl (C=O) groups is 12. The van der Waals surface area contributed by atoms with E-state index in [0.717, 1.165) is 12.8 Å². The molecule has 0 aromatic rings. The largest absolute Gasteiger partial charge is 0.493 e. The van der Waals surface area contributed by atoms with Gasteiger partial charge in [0.1, 0.15) is 0 Å². The maximum Gasteiger partial charge on any atom is 0.220 e. The van der Waals surface area contributed by atoms with E-state index in [4.69, 9.17) is 0 Å². The van der Waals surface area contributed by atoms with Crippen molar-refractivity contribution in [2.45, 2.75) is 172 Å². The number of ketones is 12. The van der Waals surface area contributed by atoms with Crippen LogP contribution in [0.1, 0.15) is 172 Å². The number of hydrogen-bond acceptors (Lipinski definition) is 13. The Hall–Kier alpha value is -7.28. The van der Waals surface area contributed by atoms with Gasteiger partial charge in [-0.1, -0.05) is 125 Å². The van der Waals surface area contributed by atoms with E-state index in [1.165, 1.54) is 67.9 Å². The van der Waals surface area contributed by atoms with Crippen molar-refractivity contribution >= 4 is 69.4 Å². The quantitative estimate of drug-likeness (QED) is 0.235. The van der Waals surface area contributed by atoms with Crippen molar-refractivity contribution < 1.29 is 62.3 Å². The fourth-order valence-corrected chi connectivity index (χ4v) is 7.96. The van der Waals surface area contributed by atoms with Gasteiger partial charge in [-0.05, 0) is 147 Å². The molecule has 0 unspecified atom stereocenters. The maximum atomic E-state index is 12.3. The summed E-state index contributed by atoms with van der Waals surface area (Å²) < 4.78 is 4.61. The van der Waals surface area contributed by atoms with E-state index in [0.29, 0.717) is 61.3 Å². The lowest BCUT2D eigenvalue weighted by molar-refractivity contribution is -0.116. The molecule has 0 aromatic heterocycles.